The number of aryl methyl sites for hydroxylation is 1. The molecule has 0 unspecified atom stereocenters. The van der Waals surface area contributed by atoms with E-state index in [4.69, 9.17) is 9.47 Å². The Balaban J connectivity index is 1.49. The molecule has 0 radical (unpaired) electrons. The Labute approximate surface area is 187 Å². The first kappa shape index (κ1) is 22.6. The smallest absolute Gasteiger partial charge is 0.259 e. The summed E-state index contributed by atoms with van der Waals surface area (Å²) in [6.07, 6.45) is 1.50. The number of nitrogens with zero attached hydrogens (tertiary/aromatic N) is 1. The molecular weight excluding hydrogens is 406 g/mol. The zero-order chi connectivity index (χ0) is 22.8. The first-order valence-electron chi connectivity index (χ1n) is 10.1. The molecule has 0 spiro atoms. The predicted octanol–water partition coefficient (Wildman–Crippen LogP) is 3.46. The topological polar surface area (TPSA) is 89.0 Å². The molecule has 0 aliphatic carbocycles. The third kappa shape index (κ3) is 6.70. The minimum atomic E-state index is -0.432. The van der Waals surface area contributed by atoms with E-state index in [0.29, 0.717) is 23.5 Å². The molecule has 0 fully saturated rings. The molecule has 7 heteroatoms. The van der Waals surface area contributed by atoms with Crippen LogP contribution in [0.5, 0.6) is 11.5 Å². The summed E-state index contributed by atoms with van der Waals surface area (Å²) < 4.78 is 11.0. The van der Waals surface area contributed by atoms with Crippen LogP contribution < -0.4 is 20.2 Å². The van der Waals surface area contributed by atoms with Gasteiger partial charge in [0.1, 0.15) is 18.1 Å². The van der Waals surface area contributed by atoms with Gasteiger partial charge < -0.3 is 14.8 Å². The van der Waals surface area contributed by atoms with Crippen molar-refractivity contribution in [2.45, 2.75) is 13.5 Å². The molecule has 0 aromatic heterocycles. The van der Waals surface area contributed by atoms with Crippen LogP contribution in [0.4, 0.5) is 0 Å². The van der Waals surface area contributed by atoms with Gasteiger partial charge in [0.2, 0.25) is 0 Å². The maximum Gasteiger partial charge on any atom is 0.259 e. The van der Waals surface area contributed by atoms with E-state index in [-0.39, 0.29) is 12.5 Å². The lowest BCUT2D eigenvalue weighted by molar-refractivity contribution is -0.120. The second-order valence-corrected chi connectivity index (χ2v) is 7.02. The third-order valence-corrected chi connectivity index (χ3v) is 4.59. The molecule has 2 amide bonds. The van der Waals surface area contributed by atoms with Crippen molar-refractivity contribution in [3.05, 3.63) is 95.1 Å². The van der Waals surface area contributed by atoms with E-state index in [2.05, 4.69) is 15.8 Å². The average Bonchev–Trinajstić information content (AvgIpc) is 2.82. The average molecular weight is 431 g/mol. The monoisotopic (exact) mass is 431 g/mol. The highest BCUT2D eigenvalue weighted by atomic mass is 16.5. The summed E-state index contributed by atoms with van der Waals surface area (Å²) in [4.78, 5) is 24.1. The number of benzene rings is 3. The fourth-order valence-corrected chi connectivity index (χ4v) is 2.78. The van der Waals surface area contributed by atoms with E-state index in [1.54, 1.807) is 19.2 Å². The van der Waals surface area contributed by atoms with Gasteiger partial charge in [-0.3, -0.25) is 9.59 Å². The first-order chi connectivity index (χ1) is 15.5. The van der Waals surface area contributed by atoms with Crippen molar-refractivity contribution in [3.63, 3.8) is 0 Å². The normalized spacial score (nSPS) is 10.6. The number of hydrogen-bond donors (Lipinski definition) is 2. The van der Waals surface area contributed by atoms with Crippen molar-refractivity contribution in [3.8, 4) is 11.5 Å². The number of para-hydroxylation sites is 1. The lowest BCUT2D eigenvalue weighted by Crippen LogP contribution is -2.34. The molecule has 3 aromatic carbocycles. The van der Waals surface area contributed by atoms with Gasteiger partial charge in [0.15, 0.2) is 0 Å². The molecule has 3 aromatic rings. The zero-order valence-electron chi connectivity index (χ0n) is 18.0. The van der Waals surface area contributed by atoms with Crippen LogP contribution in [0.2, 0.25) is 0 Å². The first-order valence-corrected chi connectivity index (χ1v) is 10.1. The maximum atomic E-state index is 12.1. The molecule has 7 nitrogen and oxygen atoms in total. The molecular formula is C25H25N3O4. The third-order valence-electron chi connectivity index (χ3n) is 4.59. The van der Waals surface area contributed by atoms with Gasteiger partial charge in [-0.15, -0.1) is 0 Å². The largest absolute Gasteiger partial charge is 0.497 e. The second kappa shape index (κ2) is 11.3. The van der Waals surface area contributed by atoms with E-state index in [0.717, 1.165) is 16.9 Å². The van der Waals surface area contributed by atoms with E-state index in [1.807, 2.05) is 67.6 Å². The number of amides is 2. The number of rotatable bonds is 9. The number of nitrogens with one attached hydrogen (secondary N) is 2. The van der Waals surface area contributed by atoms with Crippen LogP contribution in [0.25, 0.3) is 0 Å². The SMILES string of the molecule is COc1ccc(COc2ccccc2/C=N/NC(=O)CNC(=O)c2ccc(C)cc2)cc1. The van der Waals surface area contributed by atoms with Gasteiger partial charge >= 0.3 is 0 Å². The van der Waals surface area contributed by atoms with Gasteiger partial charge in [-0.25, -0.2) is 5.43 Å². The highest BCUT2D eigenvalue weighted by molar-refractivity contribution is 5.96. The molecule has 0 saturated carbocycles. The summed E-state index contributed by atoms with van der Waals surface area (Å²) in [6.45, 7) is 2.14. The standard InChI is InChI=1S/C25H25N3O4/c1-18-7-11-20(12-8-18)25(30)26-16-24(29)28-27-15-21-5-3-4-6-23(21)32-17-19-9-13-22(31-2)14-10-19/h3-15H,16-17H2,1-2H3,(H,26,30)(H,28,29)/b27-15+. The maximum absolute atomic E-state index is 12.1. The van der Waals surface area contributed by atoms with Crippen molar-refractivity contribution < 1.29 is 19.1 Å². The summed E-state index contributed by atoms with van der Waals surface area (Å²) >= 11 is 0. The van der Waals surface area contributed by atoms with Crippen molar-refractivity contribution in [2.75, 3.05) is 13.7 Å². The Morgan fingerprint density at radius 3 is 2.41 bits per heavy atom. The van der Waals surface area contributed by atoms with Crippen LogP contribution >= 0.6 is 0 Å². The van der Waals surface area contributed by atoms with Crippen molar-refractivity contribution in [1.29, 1.82) is 0 Å². The summed E-state index contributed by atoms with van der Waals surface area (Å²) in [6, 6.07) is 22.1. The van der Waals surface area contributed by atoms with E-state index < -0.39 is 5.91 Å². The quantitative estimate of drug-likeness (QED) is 0.401. The number of hydrogen-bond acceptors (Lipinski definition) is 5. The van der Waals surface area contributed by atoms with E-state index in [9.17, 15) is 9.59 Å². The molecule has 0 heterocycles. The number of hydrazone groups is 1. The van der Waals surface area contributed by atoms with Crippen molar-refractivity contribution in [1.82, 2.24) is 10.7 Å². The van der Waals surface area contributed by atoms with Crippen LogP contribution in [-0.2, 0) is 11.4 Å². The second-order valence-electron chi connectivity index (χ2n) is 7.02. The van der Waals surface area contributed by atoms with Crippen LogP contribution in [0.15, 0.2) is 77.9 Å². The fraction of sp³-hybridized carbons (Fsp3) is 0.160. The van der Waals surface area contributed by atoms with Gasteiger partial charge in [-0.2, -0.15) is 5.10 Å². The van der Waals surface area contributed by atoms with Crippen molar-refractivity contribution in [2.24, 2.45) is 5.10 Å². The van der Waals surface area contributed by atoms with Crippen LogP contribution in [0.1, 0.15) is 27.0 Å². The molecule has 2 N–H and O–H groups in total. The predicted molar refractivity (Wildman–Crippen MR) is 123 cm³/mol. The molecule has 3 rings (SSSR count). The summed E-state index contributed by atoms with van der Waals surface area (Å²) in [5, 5.41) is 6.54. The molecule has 0 aliphatic rings. The molecule has 32 heavy (non-hydrogen) atoms. The minimum Gasteiger partial charge on any atom is -0.497 e. The van der Waals surface area contributed by atoms with Crippen LogP contribution in [-0.4, -0.2) is 31.7 Å². The lowest BCUT2D eigenvalue weighted by Gasteiger charge is -2.09. The van der Waals surface area contributed by atoms with Crippen LogP contribution in [0.3, 0.4) is 0 Å². The Morgan fingerprint density at radius 2 is 1.69 bits per heavy atom. The van der Waals surface area contributed by atoms with Gasteiger partial charge in [-0.05, 0) is 48.9 Å². The summed E-state index contributed by atoms with van der Waals surface area (Å²) in [7, 11) is 1.62. The molecule has 164 valence electrons. The zero-order valence-corrected chi connectivity index (χ0v) is 18.0. The van der Waals surface area contributed by atoms with Gasteiger partial charge in [0, 0.05) is 11.1 Å². The number of carbonyl (C=O) groups is 2. The van der Waals surface area contributed by atoms with Gasteiger partial charge in [0.25, 0.3) is 11.8 Å². The van der Waals surface area contributed by atoms with Gasteiger partial charge in [-0.1, -0.05) is 42.0 Å². The summed E-state index contributed by atoms with van der Waals surface area (Å²) in [5.74, 6) is 0.667. The fourth-order valence-electron chi connectivity index (χ4n) is 2.78. The van der Waals surface area contributed by atoms with Crippen LogP contribution in [0, 0.1) is 6.92 Å². The Bertz CT molecular complexity index is 1080. The highest BCUT2D eigenvalue weighted by Crippen LogP contribution is 2.18. The molecule has 0 aliphatic heterocycles. The lowest BCUT2D eigenvalue weighted by atomic mass is 10.1. The van der Waals surface area contributed by atoms with Gasteiger partial charge in [0.05, 0.1) is 19.9 Å². The molecule has 0 atom stereocenters. The summed E-state index contributed by atoms with van der Waals surface area (Å²) in [5.41, 5.74) is 5.67. The van der Waals surface area contributed by atoms with E-state index >= 15 is 0 Å². The Kier molecular flexibility index (Phi) is 7.97. The number of methoxy groups -OCH3 is 1. The number of ether oxygens (including phenoxy) is 2. The minimum absolute atomic E-state index is 0.181. The Hall–Kier alpha value is -4.13. The number of carbonyl (C=O) groups excluding carboxylic acids is 2. The highest BCUT2D eigenvalue weighted by Gasteiger charge is 2.07. The Morgan fingerprint density at radius 1 is 0.969 bits per heavy atom. The van der Waals surface area contributed by atoms with Crippen molar-refractivity contribution >= 4 is 18.0 Å². The molecule has 0 bridgehead atoms. The molecule has 0 saturated heterocycles. The van der Waals surface area contributed by atoms with E-state index in [1.165, 1.54) is 6.21 Å².